The lowest BCUT2D eigenvalue weighted by atomic mass is 9.94. The predicted molar refractivity (Wildman–Crippen MR) is 57.3 cm³/mol. The van der Waals surface area contributed by atoms with E-state index in [0.29, 0.717) is 6.61 Å². The first-order valence-electron chi connectivity index (χ1n) is 5.63. The molecule has 0 aromatic heterocycles. The van der Waals surface area contributed by atoms with Gasteiger partial charge in [-0.15, -0.1) is 0 Å². The van der Waals surface area contributed by atoms with Crippen LogP contribution in [-0.2, 0) is 9.53 Å². The number of hydrogen-bond acceptors (Lipinski definition) is 2. The van der Waals surface area contributed by atoms with E-state index in [-0.39, 0.29) is 12.4 Å². The lowest BCUT2D eigenvalue weighted by molar-refractivity contribution is -0.119. The molecule has 1 aliphatic rings. The lowest BCUT2D eigenvalue weighted by Crippen LogP contribution is -2.08. The van der Waals surface area contributed by atoms with Crippen molar-refractivity contribution in [3.63, 3.8) is 0 Å². The number of ketones is 1. The third kappa shape index (κ3) is 4.56. The van der Waals surface area contributed by atoms with E-state index in [1.165, 1.54) is 24.8 Å². The summed E-state index contributed by atoms with van der Waals surface area (Å²) >= 11 is 0. The summed E-state index contributed by atoms with van der Waals surface area (Å²) in [7, 11) is 0. The molecule has 0 spiro atoms. The van der Waals surface area contributed by atoms with Gasteiger partial charge in [-0.1, -0.05) is 18.9 Å². The van der Waals surface area contributed by atoms with Crippen LogP contribution in [0.1, 0.15) is 45.4 Å². The second-order valence-electron chi connectivity index (χ2n) is 3.88. The van der Waals surface area contributed by atoms with Crippen LogP contribution in [-0.4, -0.2) is 19.0 Å². The van der Waals surface area contributed by atoms with E-state index < -0.39 is 0 Å². The Morgan fingerprint density at radius 3 is 2.71 bits per heavy atom. The first-order chi connectivity index (χ1) is 6.83. The fourth-order valence-electron chi connectivity index (χ4n) is 1.74. The van der Waals surface area contributed by atoms with E-state index in [9.17, 15) is 4.79 Å². The highest BCUT2D eigenvalue weighted by molar-refractivity contribution is 5.91. The first kappa shape index (κ1) is 11.4. The molecule has 0 N–H and O–H groups in total. The SMILES string of the molecule is CCCOCC(=O)C=C1CCCCC1. The van der Waals surface area contributed by atoms with Gasteiger partial charge in [0.05, 0.1) is 0 Å². The van der Waals surface area contributed by atoms with E-state index in [1.54, 1.807) is 6.08 Å². The zero-order valence-corrected chi connectivity index (χ0v) is 9.05. The highest BCUT2D eigenvalue weighted by atomic mass is 16.5. The van der Waals surface area contributed by atoms with Crippen LogP contribution in [0.3, 0.4) is 0 Å². The summed E-state index contributed by atoms with van der Waals surface area (Å²) in [6.07, 6.45) is 8.80. The molecule has 1 saturated carbocycles. The maximum absolute atomic E-state index is 11.4. The van der Waals surface area contributed by atoms with Gasteiger partial charge in [0.25, 0.3) is 0 Å². The van der Waals surface area contributed by atoms with Crippen LogP contribution in [0.25, 0.3) is 0 Å². The Balaban J connectivity index is 2.23. The zero-order valence-electron chi connectivity index (χ0n) is 9.05. The molecule has 0 saturated heterocycles. The van der Waals surface area contributed by atoms with Gasteiger partial charge < -0.3 is 4.74 Å². The normalized spacial score (nSPS) is 16.8. The van der Waals surface area contributed by atoms with Gasteiger partial charge in [0.2, 0.25) is 0 Å². The average Bonchev–Trinajstić information content (AvgIpc) is 2.20. The molecule has 0 amide bonds. The van der Waals surface area contributed by atoms with Gasteiger partial charge in [0.1, 0.15) is 6.61 Å². The molecule has 1 rings (SSSR count). The molecular formula is C12H20O2. The maximum Gasteiger partial charge on any atom is 0.181 e. The number of ether oxygens (including phenoxy) is 1. The second kappa shape index (κ2) is 6.77. The van der Waals surface area contributed by atoms with Crippen LogP contribution in [0.4, 0.5) is 0 Å². The van der Waals surface area contributed by atoms with Crippen LogP contribution in [0.15, 0.2) is 11.6 Å². The van der Waals surface area contributed by atoms with Crippen molar-refractivity contribution in [2.24, 2.45) is 0 Å². The minimum atomic E-state index is 0.135. The molecule has 0 unspecified atom stereocenters. The molecule has 0 aromatic carbocycles. The summed E-state index contributed by atoms with van der Waals surface area (Å²) in [5, 5.41) is 0. The van der Waals surface area contributed by atoms with Crippen molar-refractivity contribution in [1.29, 1.82) is 0 Å². The fraction of sp³-hybridized carbons (Fsp3) is 0.750. The van der Waals surface area contributed by atoms with E-state index in [2.05, 4.69) is 0 Å². The van der Waals surface area contributed by atoms with Crippen molar-refractivity contribution in [2.75, 3.05) is 13.2 Å². The highest BCUT2D eigenvalue weighted by Gasteiger charge is 2.07. The molecule has 0 aromatic rings. The maximum atomic E-state index is 11.4. The van der Waals surface area contributed by atoms with E-state index >= 15 is 0 Å². The Bertz CT molecular complexity index is 198. The number of allylic oxidation sites excluding steroid dienone is 1. The fourth-order valence-corrected chi connectivity index (χ4v) is 1.74. The van der Waals surface area contributed by atoms with Crippen molar-refractivity contribution in [3.8, 4) is 0 Å². The minimum absolute atomic E-state index is 0.135. The molecule has 0 atom stereocenters. The Morgan fingerprint density at radius 2 is 2.07 bits per heavy atom. The van der Waals surface area contributed by atoms with Crippen LogP contribution < -0.4 is 0 Å². The Kier molecular flexibility index (Phi) is 5.53. The summed E-state index contributed by atoms with van der Waals surface area (Å²) in [5.41, 5.74) is 1.32. The lowest BCUT2D eigenvalue weighted by Gasteiger charge is -2.12. The van der Waals surface area contributed by atoms with E-state index in [0.717, 1.165) is 19.3 Å². The standard InChI is InChI=1S/C12H20O2/c1-2-8-14-10-12(13)9-11-6-4-3-5-7-11/h9H,2-8,10H2,1H3. The molecule has 2 nitrogen and oxygen atoms in total. The van der Waals surface area contributed by atoms with Crippen molar-refractivity contribution in [1.82, 2.24) is 0 Å². The van der Waals surface area contributed by atoms with Crippen LogP contribution >= 0.6 is 0 Å². The predicted octanol–water partition coefficient (Wildman–Crippen LogP) is 2.87. The smallest absolute Gasteiger partial charge is 0.181 e. The van der Waals surface area contributed by atoms with Crippen LogP contribution in [0.5, 0.6) is 0 Å². The molecule has 1 aliphatic carbocycles. The molecule has 0 heterocycles. The van der Waals surface area contributed by atoms with Gasteiger partial charge in [-0.25, -0.2) is 0 Å². The molecule has 80 valence electrons. The Morgan fingerprint density at radius 1 is 1.36 bits per heavy atom. The van der Waals surface area contributed by atoms with E-state index in [1.807, 2.05) is 6.92 Å². The number of carbonyl (C=O) groups is 1. The van der Waals surface area contributed by atoms with Crippen molar-refractivity contribution < 1.29 is 9.53 Å². The van der Waals surface area contributed by atoms with Gasteiger partial charge in [-0.3, -0.25) is 4.79 Å². The summed E-state index contributed by atoms with van der Waals surface area (Å²) < 4.78 is 5.19. The second-order valence-corrected chi connectivity index (χ2v) is 3.88. The van der Waals surface area contributed by atoms with Crippen LogP contribution in [0, 0.1) is 0 Å². The van der Waals surface area contributed by atoms with Gasteiger partial charge in [-0.05, 0) is 38.2 Å². The van der Waals surface area contributed by atoms with Gasteiger partial charge in [0.15, 0.2) is 5.78 Å². The molecular weight excluding hydrogens is 176 g/mol. The molecule has 1 fully saturated rings. The number of rotatable bonds is 5. The van der Waals surface area contributed by atoms with Gasteiger partial charge >= 0.3 is 0 Å². The highest BCUT2D eigenvalue weighted by Crippen LogP contribution is 2.22. The zero-order chi connectivity index (χ0) is 10.2. The summed E-state index contributed by atoms with van der Waals surface area (Å²) in [6.45, 7) is 3.00. The van der Waals surface area contributed by atoms with Crippen molar-refractivity contribution in [2.45, 2.75) is 45.4 Å². The Labute approximate surface area is 86.3 Å². The quantitative estimate of drug-likeness (QED) is 0.499. The van der Waals surface area contributed by atoms with Crippen LogP contribution in [0.2, 0.25) is 0 Å². The molecule has 0 bridgehead atoms. The van der Waals surface area contributed by atoms with E-state index in [4.69, 9.17) is 4.74 Å². The topological polar surface area (TPSA) is 26.3 Å². The third-order valence-electron chi connectivity index (χ3n) is 2.45. The molecule has 0 radical (unpaired) electrons. The molecule has 2 heteroatoms. The van der Waals surface area contributed by atoms with Gasteiger partial charge in [0, 0.05) is 6.61 Å². The summed E-state index contributed by atoms with van der Waals surface area (Å²) in [5.74, 6) is 0.135. The number of hydrogen-bond donors (Lipinski definition) is 0. The molecule has 14 heavy (non-hydrogen) atoms. The molecule has 0 aliphatic heterocycles. The Hall–Kier alpha value is -0.630. The van der Waals surface area contributed by atoms with Crippen molar-refractivity contribution in [3.05, 3.63) is 11.6 Å². The summed E-state index contributed by atoms with van der Waals surface area (Å²) in [6, 6.07) is 0. The monoisotopic (exact) mass is 196 g/mol. The largest absolute Gasteiger partial charge is 0.373 e. The third-order valence-corrected chi connectivity index (χ3v) is 2.45. The first-order valence-corrected chi connectivity index (χ1v) is 5.63. The van der Waals surface area contributed by atoms with Gasteiger partial charge in [-0.2, -0.15) is 0 Å². The number of carbonyl (C=O) groups excluding carboxylic acids is 1. The van der Waals surface area contributed by atoms with Crippen molar-refractivity contribution >= 4 is 5.78 Å². The minimum Gasteiger partial charge on any atom is -0.373 e. The summed E-state index contributed by atoms with van der Waals surface area (Å²) in [4.78, 5) is 11.4. The average molecular weight is 196 g/mol.